The van der Waals surface area contributed by atoms with Crippen LogP contribution in [0.1, 0.15) is 11.8 Å². The van der Waals surface area contributed by atoms with E-state index >= 15 is 0 Å². The Morgan fingerprint density at radius 2 is 1.78 bits per heavy atom. The Hall–Kier alpha value is -2.69. The van der Waals surface area contributed by atoms with Crippen LogP contribution in [0.5, 0.6) is 0 Å². The molecule has 0 spiro atoms. The van der Waals surface area contributed by atoms with Gasteiger partial charge in [-0.3, -0.25) is 9.52 Å². The normalized spacial score (nSPS) is 14.3. The van der Waals surface area contributed by atoms with Crippen LogP contribution in [0, 0.1) is 0 Å². The fourth-order valence-electron chi connectivity index (χ4n) is 3.38. The summed E-state index contributed by atoms with van der Waals surface area (Å²) in [6.45, 7) is 2.34. The maximum Gasteiger partial charge on any atom is 0.263 e. The molecule has 168 valence electrons. The molecule has 2 heterocycles. The Morgan fingerprint density at radius 3 is 2.41 bits per heavy atom. The van der Waals surface area contributed by atoms with Crippen LogP contribution in [0.2, 0.25) is 5.02 Å². The fourth-order valence-corrected chi connectivity index (χ4v) is 5.15. The molecule has 8 nitrogen and oxygen atoms in total. The summed E-state index contributed by atoms with van der Waals surface area (Å²) < 4.78 is 28.3. The van der Waals surface area contributed by atoms with Crippen LogP contribution < -0.4 is 9.62 Å². The maximum atomic E-state index is 12.8. The Kier molecular flexibility index (Phi) is 6.63. The predicted octanol–water partition coefficient (Wildman–Crippen LogP) is 3.90. The van der Waals surface area contributed by atoms with Crippen LogP contribution in [0.3, 0.4) is 0 Å². The van der Waals surface area contributed by atoms with Gasteiger partial charge >= 0.3 is 0 Å². The number of hydrogen-bond donors (Lipinski definition) is 1. The molecule has 1 N–H and O–H groups in total. The quantitative estimate of drug-likeness (QED) is 0.529. The molecule has 1 aromatic heterocycles. The smallest absolute Gasteiger partial charge is 0.263 e. The number of aromatic nitrogens is 2. The van der Waals surface area contributed by atoms with E-state index in [-0.39, 0.29) is 18.0 Å². The van der Waals surface area contributed by atoms with Gasteiger partial charge in [0, 0.05) is 44.0 Å². The minimum Gasteiger partial charge on any atom is -0.368 e. The molecule has 0 bridgehead atoms. The Bertz CT molecular complexity index is 1220. The number of hydrogen-bond acceptors (Lipinski definition) is 6. The molecule has 3 aromatic rings. The van der Waals surface area contributed by atoms with Gasteiger partial charge in [-0.2, -0.15) is 0 Å². The third kappa shape index (κ3) is 5.03. The lowest BCUT2D eigenvalue weighted by molar-refractivity contribution is 0.0747. The SMILES string of the molecule is O=C(c1ccc(Br)cc1Cl)N1CCN(c2ccc(S(=O)(=O)Nc3ccncn3)cc2)CC1.[HH]. The zero-order valence-electron chi connectivity index (χ0n) is 16.8. The van der Waals surface area contributed by atoms with Crippen molar-refractivity contribution in [2.24, 2.45) is 0 Å². The highest BCUT2D eigenvalue weighted by molar-refractivity contribution is 9.10. The molecule has 11 heteroatoms. The lowest BCUT2D eigenvalue weighted by atomic mass is 10.1. The minimum atomic E-state index is -3.75. The van der Waals surface area contributed by atoms with E-state index in [9.17, 15) is 13.2 Å². The van der Waals surface area contributed by atoms with Gasteiger partial charge in [0.1, 0.15) is 12.1 Å². The van der Waals surface area contributed by atoms with E-state index in [1.54, 1.807) is 47.4 Å². The average molecular weight is 539 g/mol. The lowest BCUT2D eigenvalue weighted by Crippen LogP contribution is -2.48. The molecule has 0 saturated carbocycles. The summed E-state index contributed by atoms with van der Waals surface area (Å²) in [6.07, 6.45) is 2.74. The first-order chi connectivity index (χ1) is 15.3. The number of halogens is 2. The molecule has 2 aromatic carbocycles. The van der Waals surface area contributed by atoms with E-state index < -0.39 is 10.0 Å². The monoisotopic (exact) mass is 537 g/mol. The summed E-state index contributed by atoms with van der Waals surface area (Å²) in [5.74, 6) is 0.107. The van der Waals surface area contributed by atoms with E-state index in [0.717, 1.165) is 10.2 Å². The van der Waals surface area contributed by atoms with Crippen molar-refractivity contribution >= 4 is 55.0 Å². The van der Waals surface area contributed by atoms with Crippen LogP contribution >= 0.6 is 27.5 Å². The van der Waals surface area contributed by atoms with Gasteiger partial charge in [0.15, 0.2) is 0 Å². The number of nitrogens with zero attached hydrogens (tertiary/aromatic N) is 4. The summed E-state index contributed by atoms with van der Waals surface area (Å²) in [5, 5.41) is 0.416. The van der Waals surface area contributed by atoms with Crippen molar-refractivity contribution in [1.29, 1.82) is 0 Å². The molecule has 1 amide bonds. The second-order valence-corrected chi connectivity index (χ2v) is 10.1. The molecule has 1 aliphatic heterocycles. The molecular weight excluding hydrogens is 518 g/mol. The van der Waals surface area contributed by atoms with E-state index in [1.165, 1.54) is 18.6 Å². The summed E-state index contributed by atoms with van der Waals surface area (Å²) in [6, 6.07) is 13.3. The molecule has 1 saturated heterocycles. The van der Waals surface area contributed by atoms with Crippen molar-refractivity contribution in [2.75, 3.05) is 35.8 Å². The number of amides is 1. The fraction of sp³-hybridized carbons (Fsp3) is 0.190. The van der Waals surface area contributed by atoms with Crippen molar-refractivity contribution < 1.29 is 14.6 Å². The first-order valence-electron chi connectivity index (χ1n) is 9.72. The lowest BCUT2D eigenvalue weighted by Gasteiger charge is -2.36. The van der Waals surface area contributed by atoms with Crippen LogP contribution in [0.15, 0.2) is 70.4 Å². The Balaban J connectivity index is 0.00000306. The zero-order valence-corrected chi connectivity index (χ0v) is 19.9. The summed E-state index contributed by atoms with van der Waals surface area (Å²) in [4.78, 5) is 24.5. The van der Waals surface area contributed by atoms with Crippen molar-refractivity contribution in [3.05, 3.63) is 76.1 Å². The van der Waals surface area contributed by atoms with Gasteiger partial charge in [0.2, 0.25) is 0 Å². The van der Waals surface area contributed by atoms with Crippen LogP contribution in [-0.4, -0.2) is 55.4 Å². The third-order valence-electron chi connectivity index (χ3n) is 5.06. The largest absolute Gasteiger partial charge is 0.368 e. The second kappa shape index (κ2) is 9.43. The molecular formula is C21H21BrClN5O3S. The molecule has 4 rings (SSSR count). The van der Waals surface area contributed by atoms with Crippen LogP contribution in [-0.2, 0) is 10.0 Å². The number of sulfonamides is 1. The molecule has 0 atom stereocenters. The molecule has 0 aliphatic carbocycles. The number of piperazine rings is 1. The second-order valence-electron chi connectivity index (χ2n) is 7.10. The Labute approximate surface area is 200 Å². The van der Waals surface area contributed by atoms with E-state index in [2.05, 4.69) is 35.5 Å². The number of anilines is 2. The number of rotatable bonds is 5. The minimum absolute atomic E-state index is 0. The van der Waals surface area contributed by atoms with Gasteiger partial charge in [-0.1, -0.05) is 27.5 Å². The van der Waals surface area contributed by atoms with Crippen molar-refractivity contribution in [3.8, 4) is 0 Å². The van der Waals surface area contributed by atoms with Crippen LogP contribution in [0.25, 0.3) is 0 Å². The van der Waals surface area contributed by atoms with E-state index in [1.807, 2.05) is 0 Å². The average Bonchev–Trinajstić information content (AvgIpc) is 2.79. The maximum absolute atomic E-state index is 12.8. The van der Waals surface area contributed by atoms with Gasteiger partial charge in [0.25, 0.3) is 15.9 Å². The first-order valence-corrected chi connectivity index (χ1v) is 12.4. The topological polar surface area (TPSA) is 95.5 Å². The van der Waals surface area contributed by atoms with Gasteiger partial charge < -0.3 is 9.80 Å². The van der Waals surface area contributed by atoms with Crippen molar-refractivity contribution in [2.45, 2.75) is 4.90 Å². The standard InChI is InChI=1S/C21H19BrClN5O3S.H2/c22-15-1-6-18(19(23)13-15)21(29)28-11-9-27(10-12-28)16-2-4-17(5-3-16)32(30,31)26-20-7-8-24-14-25-20;/h1-8,13-14H,9-12H2,(H,24,25,26);1H. The highest BCUT2D eigenvalue weighted by atomic mass is 79.9. The Morgan fingerprint density at radius 1 is 1.06 bits per heavy atom. The summed E-state index contributed by atoms with van der Waals surface area (Å²) in [5.41, 5.74) is 1.37. The van der Waals surface area contributed by atoms with E-state index in [0.29, 0.717) is 36.8 Å². The molecule has 1 aliphatic rings. The third-order valence-corrected chi connectivity index (χ3v) is 7.24. The summed E-state index contributed by atoms with van der Waals surface area (Å²) >= 11 is 9.57. The van der Waals surface area contributed by atoms with Crippen LogP contribution in [0.4, 0.5) is 11.5 Å². The van der Waals surface area contributed by atoms with Gasteiger partial charge in [0.05, 0.1) is 15.5 Å². The highest BCUT2D eigenvalue weighted by Gasteiger charge is 2.24. The van der Waals surface area contributed by atoms with Crippen molar-refractivity contribution in [3.63, 3.8) is 0 Å². The van der Waals surface area contributed by atoms with Gasteiger partial charge in [-0.15, -0.1) is 0 Å². The zero-order chi connectivity index (χ0) is 22.7. The molecule has 0 unspecified atom stereocenters. The van der Waals surface area contributed by atoms with Gasteiger partial charge in [-0.25, -0.2) is 18.4 Å². The molecule has 32 heavy (non-hydrogen) atoms. The molecule has 0 radical (unpaired) electrons. The number of benzene rings is 2. The first kappa shape index (κ1) is 22.5. The van der Waals surface area contributed by atoms with Crippen molar-refractivity contribution in [1.82, 2.24) is 14.9 Å². The van der Waals surface area contributed by atoms with E-state index in [4.69, 9.17) is 11.6 Å². The predicted molar refractivity (Wildman–Crippen MR) is 129 cm³/mol. The highest BCUT2D eigenvalue weighted by Crippen LogP contribution is 2.25. The summed E-state index contributed by atoms with van der Waals surface area (Å²) in [7, 11) is -3.75. The number of nitrogens with one attached hydrogen (secondary N) is 1. The number of carbonyl (C=O) groups is 1. The van der Waals surface area contributed by atoms with Gasteiger partial charge in [-0.05, 0) is 48.5 Å². The number of carbonyl (C=O) groups excluding carboxylic acids is 1. The molecule has 1 fully saturated rings.